The highest BCUT2D eigenvalue weighted by molar-refractivity contribution is 7.80. The fraction of sp³-hybridized carbons (Fsp3) is 0.559. The Labute approximate surface area is 248 Å². The first-order valence-electron chi connectivity index (χ1n) is 15.3. The maximum Gasteiger partial charge on any atom is 0.245 e. The van der Waals surface area contributed by atoms with Crippen molar-refractivity contribution < 1.29 is 9.59 Å². The third-order valence-electron chi connectivity index (χ3n) is 7.31. The van der Waals surface area contributed by atoms with Crippen LogP contribution in [0.2, 0.25) is 0 Å². The Bertz CT molecular complexity index is 983. The van der Waals surface area contributed by atoms with Crippen molar-refractivity contribution in [3.8, 4) is 0 Å². The molecule has 1 amide bonds. The summed E-state index contributed by atoms with van der Waals surface area (Å²) in [6.45, 7) is 10.0. The van der Waals surface area contributed by atoms with Crippen molar-refractivity contribution in [1.82, 2.24) is 15.5 Å². The lowest BCUT2D eigenvalue weighted by molar-refractivity contribution is -0.120. The summed E-state index contributed by atoms with van der Waals surface area (Å²) in [5.41, 5.74) is 2.87. The van der Waals surface area contributed by atoms with E-state index >= 15 is 0 Å². The van der Waals surface area contributed by atoms with Gasteiger partial charge in [-0.25, -0.2) is 0 Å². The molecule has 2 unspecified atom stereocenters. The van der Waals surface area contributed by atoms with Crippen LogP contribution in [0.25, 0.3) is 0 Å². The first kappa shape index (κ1) is 33.6. The van der Waals surface area contributed by atoms with Gasteiger partial charge in [0.1, 0.15) is 5.78 Å². The summed E-state index contributed by atoms with van der Waals surface area (Å²) in [7, 11) is 0. The van der Waals surface area contributed by atoms with E-state index in [1.165, 1.54) is 62.5 Å². The summed E-state index contributed by atoms with van der Waals surface area (Å²) in [6, 6.07) is -0.110. The lowest BCUT2D eigenvalue weighted by Crippen LogP contribution is -2.35. The van der Waals surface area contributed by atoms with Crippen LogP contribution in [0.15, 0.2) is 72.0 Å². The van der Waals surface area contributed by atoms with Crippen molar-refractivity contribution in [3.05, 3.63) is 72.0 Å². The molecule has 3 rings (SSSR count). The second-order valence-corrected chi connectivity index (χ2v) is 11.5. The molecule has 0 saturated carbocycles. The van der Waals surface area contributed by atoms with Gasteiger partial charge in [0.25, 0.3) is 0 Å². The van der Waals surface area contributed by atoms with E-state index < -0.39 is 0 Å². The zero-order valence-electron chi connectivity index (χ0n) is 25.0. The smallest absolute Gasteiger partial charge is 0.245 e. The SMILES string of the molecule is CC1C=CC(CN2CCCCC2)=CC1.CCCC(=O)CC(CC)NC(=O)/C=C/NC(=S)CCC1=CC=CC=CC1. The highest BCUT2D eigenvalue weighted by Crippen LogP contribution is 2.18. The quantitative estimate of drug-likeness (QED) is 0.181. The molecule has 6 heteroatoms. The zero-order chi connectivity index (χ0) is 29.0. The molecule has 5 nitrogen and oxygen atoms in total. The molecule has 0 spiro atoms. The minimum atomic E-state index is -0.210. The van der Waals surface area contributed by atoms with Crippen molar-refractivity contribution in [1.29, 1.82) is 0 Å². The number of piperidine rings is 1. The molecule has 220 valence electrons. The summed E-state index contributed by atoms with van der Waals surface area (Å²) < 4.78 is 0. The number of Topliss-reactive ketones (excluding diaryl/α,β-unsaturated/α-hetero) is 1. The van der Waals surface area contributed by atoms with Crippen LogP contribution in [-0.2, 0) is 9.59 Å². The number of rotatable bonds is 13. The van der Waals surface area contributed by atoms with Gasteiger partial charge in [0.15, 0.2) is 0 Å². The van der Waals surface area contributed by atoms with Gasteiger partial charge in [-0.05, 0) is 69.5 Å². The Kier molecular flexibility index (Phi) is 17.1. The molecule has 1 heterocycles. The van der Waals surface area contributed by atoms with Crippen LogP contribution in [0.3, 0.4) is 0 Å². The largest absolute Gasteiger partial charge is 0.356 e. The van der Waals surface area contributed by atoms with Crippen molar-refractivity contribution >= 4 is 28.9 Å². The number of carbonyl (C=O) groups is 2. The predicted octanol–water partition coefficient (Wildman–Crippen LogP) is 7.29. The first-order chi connectivity index (χ1) is 19.4. The van der Waals surface area contributed by atoms with Crippen molar-refractivity contribution in [2.24, 2.45) is 5.92 Å². The number of amides is 1. The Morgan fingerprint density at radius 2 is 1.93 bits per heavy atom. The van der Waals surface area contributed by atoms with E-state index in [0.717, 1.165) is 38.0 Å². The lowest BCUT2D eigenvalue weighted by Gasteiger charge is -2.27. The maximum absolute atomic E-state index is 12.0. The Balaban J connectivity index is 0.000000333. The number of likely N-dealkylation sites (tertiary alicyclic amines) is 1. The number of nitrogens with one attached hydrogen (secondary N) is 2. The Morgan fingerprint density at radius 3 is 2.62 bits per heavy atom. The number of hydrogen-bond donors (Lipinski definition) is 2. The van der Waals surface area contributed by atoms with Gasteiger partial charge in [0.05, 0.1) is 4.99 Å². The highest BCUT2D eigenvalue weighted by atomic mass is 32.1. The van der Waals surface area contributed by atoms with E-state index in [1.54, 1.807) is 6.20 Å². The summed E-state index contributed by atoms with van der Waals surface area (Å²) in [5, 5.41) is 5.85. The molecule has 1 saturated heterocycles. The third-order valence-corrected chi connectivity index (χ3v) is 7.63. The lowest BCUT2D eigenvalue weighted by atomic mass is 9.98. The first-order valence-corrected chi connectivity index (χ1v) is 15.7. The minimum absolute atomic E-state index is 0.110. The van der Waals surface area contributed by atoms with E-state index in [9.17, 15) is 9.59 Å². The van der Waals surface area contributed by atoms with Gasteiger partial charge >= 0.3 is 0 Å². The molecule has 1 fully saturated rings. The normalized spacial score (nSPS) is 19.6. The van der Waals surface area contributed by atoms with Crippen molar-refractivity contribution in [3.63, 3.8) is 0 Å². The van der Waals surface area contributed by atoms with Crippen molar-refractivity contribution in [2.45, 2.75) is 97.4 Å². The van der Waals surface area contributed by atoms with Crippen LogP contribution < -0.4 is 10.6 Å². The molecule has 1 aliphatic heterocycles. The van der Waals surface area contributed by atoms with Gasteiger partial charge in [0.2, 0.25) is 5.91 Å². The van der Waals surface area contributed by atoms with Crippen LogP contribution in [-0.4, -0.2) is 47.3 Å². The van der Waals surface area contributed by atoms with Crippen LogP contribution in [0.5, 0.6) is 0 Å². The van der Waals surface area contributed by atoms with Gasteiger partial charge in [-0.2, -0.15) is 0 Å². The molecule has 3 aliphatic rings. The molecule has 0 bridgehead atoms. The topological polar surface area (TPSA) is 61.4 Å². The van der Waals surface area contributed by atoms with Gasteiger partial charge in [-0.15, -0.1) is 0 Å². The number of carbonyl (C=O) groups excluding carboxylic acids is 2. The monoisotopic (exact) mass is 565 g/mol. The molecule has 0 aromatic carbocycles. The molecule has 2 atom stereocenters. The number of ketones is 1. The molecule has 0 aromatic heterocycles. The van der Waals surface area contributed by atoms with Crippen LogP contribution in [0, 0.1) is 5.92 Å². The standard InChI is InChI=1S/C21H30N2O2S.C13H21N/c1-3-9-19(24)16-18(4-2)23-20(25)14-15-22-21(26)13-12-17-10-7-5-6-8-11-17;1-12-5-7-13(8-6-12)11-14-9-3-2-4-10-14/h5-8,10,14-15,18H,3-4,9,11-13,16H2,1-2H3,(H,22,26)(H,23,25);5,7-8,12H,2-4,6,9-11H2,1H3/b15-14+;. The van der Waals surface area contributed by atoms with Crippen LogP contribution in [0.1, 0.15) is 91.4 Å². The third kappa shape index (κ3) is 15.3. The van der Waals surface area contributed by atoms with Gasteiger partial charge in [-0.1, -0.05) is 93.6 Å². The number of allylic oxidation sites excluding steroid dienone is 8. The van der Waals surface area contributed by atoms with Crippen molar-refractivity contribution in [2.75, 3.05) is 19.6 Å². The van der Waals surface area contributed by atoms with E-state index in [-0.39, 0.29) is 17.7 Å². The zero-order valence-corrected chi connectivity index (χ0v) is 25.8. The van der Waals surface area contributed by atoms with E-state index in [2.05, 4.69) is 52.8 Å². The summed E-state index contributed by atoms with van der Waals surface area (Å²) in [4.78, 5) is 27.0. The minimum Gasteiger partial charge on any atom is -0.356 e. The number of hydrogen-bond acceptors (Lipinski definition) is 4. The molecule has 2 aliphatic carbocycles. The van der Waals surface area contributed by atoms with E-state index in [4.69, 9.17) is 12.2 Å². The van der Waals surface area contributed by atoms with Gasteiger partial charge < -0.3 is 10.6 Å². The van der Waals surface area contributed by atoms with Crippen LogP contribution >= 0.6 is 12.2 Å². The number of nitrogens with zero attached hydrogens (tertiary/aromatic N) is 1. The van der Waals surface area contributed by atoms with E-state index in [1.807, 2.05) is 32.1 Å². The van der Waals surface area contributed by atoms with Gasteiger partial charge in [-0.3, -0.25) is 14.5 Å². The predicted molar refractivity (Wildman–Crippen MR) is 173 cm³/mol. The fourth-order valence-corrected chi connectivity index (χ4v) is 5.00. The molecule has 2 N–H and O–H groups in total. The summed E-state index contributed by atoms with van der Waals surface area (Å²) >= 11 is 5.30. The molecule has 0 aromatic rings. The Hall–Kier alpha value is -2.57. The number of thiocarbonyl (C=S) groups is 1. The Morgan fingerprint density at radius 1 is 1.12 bits per heavy atom. The summed E-state index contributed by atoms with van der Waals surface area (Å²) in [6.07, 6.45) is 31.0. The van der Waals surface area contributed by atoms with E-state index in [0.29, 0.717) is 17.8 Å². The summed E-state index contributed by atoms with van der Waals surface area (Å²) in [5.74, 6) is 0.735. The average molecular weight is 566 g/mol. The molecule has 0 radical (unpaired) electrons. The molecular weight excluding hydrogens is 514 g/mol. The molecular formula is C34H51N3O2S. The second kappa shape index (κ2) is 20.3. The second-order valence-electron chi connectivity index (χ2n) is 11.0. The molecule has 40 heavy (non-hydrogen) atoms. The fourth-order valence-electron chi connectivity index (χ4n) is 4.83. The average Bonchev–Trinajstić information content (AvgIpc) is 3.23. The van der Waals surface area contributed by atoms with Gasteiger partial charge in [0, 0.05) is 44.1 Å². The van der Waals surface area contributed by atoms with Crippen LogP contribution in [0.4, 0.5) is 0 Å². The maximum atomic E-state index is 12.0. The highest BCUT2D eigenvalue weighted by Gasteiger charge is 2.13.